The maximum atomic E-state index is 13.0. The summed E-state index contributed by atoms with van der Waals surface area (Å²) < 4.78 is 13.0. The van der Waals surface area contributed by atoms with Crippen LogP contribution in [0.5, 0.6) is 0 Å². The van der Waals surface area contributed by atoms with E-state index < -0.39 is 11.9 Å². The maximum absolute atomic E-state index is 13.0. The van der Waals surface area contributed by atoms with E-state index in [0.29, 0.717) is 5.56 Å². The molecule has 0 saturated carbocycles. The highest BCUT2D eigenvalue weighted by atomic mass is 35.5. The van der Waals surface area contributed by atoms with Crippen LogP contribution in [-0.2, 0) is 0 Å². The first-order valence-corrected chi connectivity index (χ1v) is 4.32. The van der Waals surface area contributed by atoms with Gasteiger partial charge in [0.25, 0.3) is 0 Å². The lowest BCUT2D eigenvalue weighted by molar-refractivity contribution is 0.268. The SMILES string of the molecule is NC(CO)c1cc(F)c(Cl)c(Cl)c1. The molecule has 72 valence electrons. The van der Waals surface area contributed by atoms with Crippen LogP contribution in [0.1, 0.15) is 11.6 Å². The Bertz CT molecular complexity index is 296. The van der Waals surface area contributed by atoms with Crippen LogP contribution in [0.4, 0.5) is 4.39 Å². The summed E-state index contributed by atoms with van der Waals surface area (Å²) in [6, 6.07) is 1.97. The molecule has 2 nitrogen and oxygen atoms in total. The quantitative estimate of drug-likeness (QED) is 0.755. The van der Waals surface area contributed by atoms with Crippen molar-refractivity contribution in [2.24, 2.45) is 5.73 Å². The number of halogens is 3. The Balaban J connectivity index is 3.13. The molecule has 0 aliphatic carbocycles. The summed E-state index contributed by atoms with van der Waals surface area (Å²) >= 11 is 11.1. The van der Waals surface area contributed by atoms with Crippen molar-refractivity contribution >= 4 is 23.2 Å². The molecule has 0 bridgehead atoms. The van der Waals surface area contributed by atoms with Crippen LogP contribution in [-0.4, -0.2) is 11.7 Å². The van der Waals surface area contributed by atoms with Crippen LogP contribution < -0.4 is 5.73 Å². The monoisotopic (exact) mass is 223 g/mol. The van der Waals surface area contributed by atoms with Gasteiger partial charge in [-0.3, -0.25) is 0 Å². The molecule has 13 heavy (non-hydrogen) atoms. The van der Waals surface area contributed by atoms with Gasteiger partial charge in [-0.25, -0.2) is 4.39 Å². The van der Waals surface area contributed by atoms with Gasteiger partial charge in [-0.15, -0.1) is 0 Å². The molecule has 0 aromatic heterocycles. The fourth-order valence-corrected chi connectivity index (χ4v) is 1.22. The van der Waals surface area contributed by atoms with Crippen LogP contribution in [0.25, 0.3) is 0 Å². The highest BCUT2D eigenvalue weighted by Crippen LogP contribution is 2.28. The van der Waals surface area contributed by atoms with Crippen molar-refractivity contribution in [3.05, 3.63) is 33.6 Å². The fraction of sp³-hybridized carbons (Fsp3) is 0.250. The normalized spacial score (nSPS) is 13.0. The molecule has 0 aliphatic rings. The van der Waals surface area contributed by atoms with Crippen molar-refractivity contribution in [2.45, 2.75) is 6.04 Å². The van der Waals surface area contributed by atoms with Gasteiger partial charge < -0.3 is 10.8 Å². The first-order chi connectivity index (χ1) is 6.06. The van der Waals surface area contributed by atoms with Crippen molar-refractivity contribution in [2.75, 3.05) is 6.61 Å². The van der Waals surface area contributed by atoms with E-state index in [2.05, 4.69) is 0 Å². The average Bonchev–Trinajstić information content (AvgIpc) is 2.12. The summed E-state index contributed by atoms with van der Waals surface area (Å²) in [5, 5.41) is 8.68. The Morgan fingerprint density at radius 1 is 1.46 bits per heavy atom. The van der Waals surface area contributed by atoms with Crippen molar-refractivity contribution in [3.63, 3.8) is 0 Å². The number of hydrogen-bond donors (Lipinski definition) is 2. The Hall–Kier alpha value is -0.350. The van der Waals surface area contributed by atoms with E-state index in [4.69, 9.17) is 34.0 Å². The van der Waals surface area contributed by atoms with Crippen molar-refractivity contribution in [1.82, 2.24) is 0 Å². The van der Waals surface area contributed by atoms with E-state index in [9.17, 15) is 4.39 Å². The molecule has 0 aliphatic heterocycles. The zero-order chi connectivity index (χ0) is 10.0. The Morgan fingerprint density at radius 2 is 2.08 bits per heavy atom. The number of aliphatic hydroxyl groups excluding tert-OH is 1. The summed E-state index contributed by atoms with van der Waals surface area (Å²) in [6.07, 6.45) is 0. The molecular formula is C8H8Cl2FNO. The summed E-state index contributed by atoms with van der Waals surface area (Å²) in [6.45, 7) is -0.266. The topological polar surface area (TPSA) is 46.2 Å². The zero-order valence-corrected chi connectivity index (χ0v) is 8.11. The minimum Gasteiger partial charge on any atom is -0.394 e. The lowest BCUT2D eigenvalue weighted by atomic mass is 10.1. The third kappa shape index (κ3) is 2.31. The first kappa shape index (κ1) is 10.7. The summed E-state index contributed by atoms with van der Waals surface area (Å²) in [7, 11) is 0. The van der Waals surface area contributed by atoms with E-state index in [-0.39, 0.29) is 16.7 Å². The van der Waals surface area contributed by atoms with E-state index >= 15 is 0 Å². The summed E-state index contributed by atoms with van der Waals surface area (Å²) in [4.78, 5) is 0. The van der Waals surface area contributed by atoms with Crippen LogP contribution in [0, 0.1) is 5.82 Å². The van der Waals surface area contributed by atoms with Gasteiger partial charge in [-0.05, 0) is 17.7 Å². The van der Waals surface area contributed by atoms with Crippen LogP contribution >= 0.6 is 23.2 Å². The maximum Gasteiger partial charge on any atom is 0.143 e. The molecule has 1 aromatic rings. The second-order valence-electron chi connectivity index (χ2n) is 2.59. The number of hydrogen-bond acceptors (Lipinski definition) is 2. The van der Waals surface area contributed by atoms with E-state index in [1.165, 1.54) is 6.07 Å². The molecule has 0 heterocycles. The lowest BCUT2D eigenvalue weighted by Gasteiger charge is -2.09. The van der Waals surface area contributed by atoms with E-state index in [1.807, 2.05) is 0 Å². The Morgan fingerprint density at radius 3 is 2.54 bits per heavy atom. The minimum absolute atomic E-state index is 0.0977. The molecule has 1 unspecified atom stereocenters. The lowest BCUT2D eigenvalue weighted by Crippen LogP contribution is -2.14. The van der Waals surface area contributed by atoms with Crippen LogP contribution in [0.3, 0.4) is 0 Å². The van der Waals surface area contributed by atoms with Crippen LogP contribution in [0.2, 0.25) is 10.0 Å². The van der Waals surface area contributed by atoms with Gasteiger partial charge in [0.2, 0.25) is 0 Å². The second-order valence-corrected chi connectivity index (χ2v) is 3.37. The molecule has 0 radical (unpaired) electrons. The summed E-state index contributed by atoms with van der Waals surface area (Å²) in [5.41, 5.74) is 5.89. The van der Waals surface area contributed by atoms with Gasteiger partial charge in [0.15, 0.2) is 0 Å². The van der Waals surface area contributed by atoms with Crippen molar-refractivity contribution in [1.29, 1.82) is 0 Å². The number of nitrogens with two attached hydrogens (primary N) is 1. The molecule has 0 spiro atoms. The standard InChI is InChI=1S/C8H8Cl2FNO/c9-5-1-4(7(12)3-13)2-6(11)8(5)10/h1-2,7,13H,3,12H2. The van der Waals surface area contributed by atoms with Gasteiger partial charge >= 0.3 is 0 Å². The van der Waals surface area contributed by atoms with Gasteiger partial charge in [-0.1, -0.05) is 23.2 Å². The predicted octanol–water partition coefficient (Wildman–Crippen LogP) is 2.12. The molecule has 1 atom stereocenters. The highest BCUT2D eigenvalue weighted by Gasteiger charge is 2.11. The van der Waals surface area contributed by atoms with Crippen molar-refractivity contribution < 1.29 is 9.50 Å². The smallest absolute Gasteiger partial charge is 0.143 e. The van der Waals surface area contributed by atoms with Gasteiger partial charge in [0.1, 0.15) is 5.82 Å². The minimum atomic E-state index is -0.635. The largest absolute Gasteiger partial charge is 0.394 e. The average molecular weight is 224 g/mol. The first-order valence-electron chi connectivity index (χ1n) is 3.57. The van der Waals surface area contributed by atoms with Gasteiger partial charge in [0, 0.05) is 0 Å². The highest BCUT2D eigenvalue weighted by molar-refractivity contribution is 6.42. The molecule has 1 rings (SSSR count). The van der Waals surface area contributed by atoms with Crippen molar-refractivity contribution in [3.8, 4) is 0 Å². The molecule has 1 aromatic carbocycles. The number of aliphatic hydroxyl groups is 1. The molecular weight excluding hydrogens is 216 g/mol. The number of benzene rings is 1. The predicted molar refractivity (Wildman–Crippen MR) is 50.4 cm³/mol. The van der Waals surface area contributed by atoms with Gasteiger partial charge in [0.05, 0.1) is 22.7 Å². The molecule has 0 saturated heterocycles. The van der Waals surface area contributed by atoms with E-state index in [1.54, 1.807) is 0 Å². The second kappa shape index (κ2) is 4.24. The van der Waals surface area contributed by atoms with Gasteiger partial charge in [-0.2, -0.15) is 0 Å². The summed E-state index contributed by atoms with van der Waals surface area (Å²) in [5.74, 6) is -0.631. The molecule has 3 N–H and O–H groups in total. The Labute approximate surface area is 85.1 Å². The fourth-order valence-electron chi connectivity index (χ4n) is 0.895. The van der Waals surface area contributed by atoms with E-state index in [0.717, 1.165) is 6.07 Å². The molecule has 0 amide bonds. The van der Waals surface area contributed by atoms with Crippen LogP contribution in [0.15, 0.2) is 12.1 Å². The zero-order valence-electron chi connectivity index (χ0n) is 6.60. The third-order valence-electron chi connectivity index (χ3n) is 1.63. The third-order valence-corrected chi connectivity index (χ3v) is 2.41. The molecule has 5 heteroatoms. The number of rotatable bonds is 2. The Kier molecular flexibility index (Phi) is 3.50. The molecule has 0 fully saturated rings.